The average molecular weight is 701 g/mol. The van der Waals surface area contributed by atoms with Crippen LogP contribution >= 0.6 is 11.8 Å². The molecule has 276 valence electrons. The lowest BCUT2D eigenvalue weighted by atomic mass is 9.79. The lowest BCUT2D eigenvalue weighted by molar-refractivity contribution is -0.270. The van der Waals surface area contributed by atoms with E-state index < -0.39 is 0 Å². The lowest BCUT2D eigenvalue weighted by Crippen LogP contribution is -2.50. The van der Waals surface area contributed by atoms with Gasteiger partial charge in [0.2, 0.25) is 0 Å². The summed E-state index contributed by atoms with van der Waals surface area (Å²) in [6.45, 7) is 22.1. The first-order chi connectivity index (χ1) is 23.5. The number of benzene rings is 2. The van der Waals surface area contributed by atoms with Gasteiger partial charge < -0.3 is 33.5 Å². The molecule has 8 heteroatoms. The van der Waals surface area contributed by atoms with E-state index in [9.17, 15) is 0 Å². The largest absolute Gasteiger partial charge is 0.394 e. The van der Waals surface area contributed by atoms with Crippen LogP contribution in [0.5, 0.6) is 0 Å². The van der Waals surface area contributed by atoms with E-state index in [-0.39, 0.29) is 42.9 Å². The first kappa shape index (κ1) is 40.3. The molecule has 2 aromatic rings. The minimum absolute atomic E-state index is 0.0231. The molecule has 0 radical (unpaired) electrons. The number of methoxy groups -OCH3 is 1. The zero-order valence-corrected chi connectivity index (χ0v) is 32.4. The van der Waals surface area contributed by atoms with E-state index in [0.29, 0.717) is 73.1 Å². The topological polar surface area (TPSA) is 75.6 Å². The third-order valence-corrected chi connectivity index (χ3v) is 13.5. The summed E-state index contributed by atoms with van der Waals surface area (Å²) >= 11 is 1.83. The molecule has 0 bridgehead atoms. The number of aliphatic hydroxyl groups is 1. The highest BCUT2D eigenvalue weighted by atomic mass is 32.2. The number of rotatable bonds is 11. The summed E-state index contributed by atoms with van der Waals surface area (Å²) in [4.78, 5) is 1.25. The highest BCUT2D eigenvalue weighted by Crippen LogP contribution is 2.43. The van der Waals surface area contributed by atoms with Gasteiger partial charge in [0, 0.05) is 23.8 Å². The molecule has 1 N–H and O–H groups in total. The first-order valence-electron chi connectivity index (χ1n) is 18.5. The van der Waals surface area contributed by atoms with E-state index in [2.05, 4.69) is 105 Å². The van der Waals surface area contributed by atoms with Gasteiger partial charge in [0.25, 0.3) is 0 Å². The Kier molecular flexibility index (Phi) is 15.9. The average Bonchev–Trinajstić information content (AvgIpc) is 3.12. The van der Waals surface area contributed by atoms with E-state index in [0.717, 1.165) is 0 Å². The molecule has 3 heterocycles. The highest BCUT2D eigenvalue weighted by Gasteiger charge is 2.43. The van der Waals surface area contributed by atoms with Gasteiger partial charge >= 0.3 is 0 Å². The van der Waals surface area contributed by atoms with Crippen LogP contribution in [-0.4, -0.2) is 68.4 Å². The van der Waals surface area contributed by atoms with E-state index in [1.807, 2.05) is 30.0 Å². The van der Waals surface area contributed by atoms with Gasteiger partial charge in [0.1, 0.15) is 5.44 Å². The van der Waals surface area contributed by atoms with Crippen LogP contribution in [0.3, 0.4) is 0 Å². The van der Waals surface area contributed by atoms with Crippen LogP contribution in [0.2, 0.25) is 0 Å². The number of hydrogen-bond donors (Lipinski definition) is 1. The Labute approximate surface area is 301 Å². The van der Waals surface area contributed by atoms with Gasteiger partial charge in [-0.15, -0.1) is 0 Å². The van der Waals surface area contributed by atoms with Crippen molar-refractivity contribution in [2.75, 3.05) is 26.9 Å². The summed E-state index contributed by atoms with van der Waals surface area (Å²) in [5.41, 5.74) is 1.31. The molecule has 3 aliphatic heterocycles. The highest BCUT2D eigenvalue weighted by molar-refractivity contribution is 7.99. The van der Waals surface area contributed by atoms with Crippen LogP contribution < -0.4 is 0 Å². The fraction of sp³-hybridized carbons (Fsp3) is 0.707. The van der Waals surface area contributed by atoms with Gasteiger partial charge in [0.15, 0.2) is 12.6 Å². The molecule has 49 heavy (non-hydrogen) atoms. The Morgan fingerprint density at radius 2 is 1.08 bits per heavy atom. The molecule has 7 nitrogen and oxygen atoms in total. The molecule has 3 fully saturated rings. The predicted molar refractivity (Wildman–Crippen MR) is 197 cm³/mol. The molecule has 6 unspecified atom stereocenters. The van der Waals surface area contributed by atoms with Crippen molar-refractivity contribution in [3.05, 3.63) is 66.2 Å². The van der Waals surface area contributed by atoms with E-state index in [1.54, 1.807) is 7.11 Å². The van der Waals surface area contributed by atoms with E-state index >= 15 is 0 Å². The summed E-state index contributed by atoms with van der Waals surface area (Å²) in [6.07, 6.45) is -0.405. The monoisotopic (exact) mass is 700 g/mol. The smallest absolute Gasteiger partial charge is 0.160 e. The third-order valence-electron chi connectivity index (χ3n) is 12.2. The fourth-order valence-corrected chi connectivity index (χ4v) is 8.58. The maximum atomic E-state index is 9.10. The Bertz CT molecular complexity index is 1180. The number of aliphatic hydroxyl groups excluding tert-OH is 1. The quantitative estimate of drug-likeness (QED) is 0.250. The molecule has 15 atom stereocenters. The molecular formula is C41H64O7S. The number of ether oxygens (including phenoxy) is 6. The SMILES string of the molecule is CC1[C@@H](OCC2O[C@@H](Sc3ccccc3)C(C)[C@@H](C)[C@@H]2C)OC(COCc2ccccc2)[C@@H](C)[C@@H]1C.CO[C@H]1OC(CO)[C@@H](C)[C@H](C)C1C. The van der Waals surface area contributed by atoms with Gasteiger partial charge in [-0.25, -0.2) is 0 Å². The maximum Gasteiger partial charge on any atom is 0.160 e. The van der Waals surface area contributed by atoms with Gasteiger partial charge in [-0.2, -0.15) is 0 Å². The normalized spacial score (nSPS) is 39.5. The minimum Gasteiger partial charge on any atom is -0.394 e. The van der Waals surface area contributed by atoms with Crippen molar-refractivity contribution >= 4 is 11.8 Å². The van der Waals surface area contributed by atoms with Gasteiger partial charge in [-0.1, -0.05) is 123 Å². The first-order valence-corrected chi connectivity index (χ1v) is 19.4. The second kappa shape index (κ2) is 19.4. The molecule has 3 aliphatic rings. The van der Waals surface area contributed by atoms with Crippen LogP contribution in [0.15, 0.2) is 65.6 Å². The number of thioether (sulfide) groups is 1. The van der Waals surface area contributed by atoms with Gasteiger partial charge in [-0.05, 0) is 59.1 Å². The molecule has 3 saturated heterocycles. The molecule has 0 spiro atoms. The van der Waals surface area contributed by atoms with Crippen molar-refractivity contribution < 1.29 is 33.5 Å². The molecule has 5 rings (SSSR count). The third kappa shape index (κ3) is 10.5. The predicted octanol–water partition coefficient (Wildman–Crippen LogP) is 8.54. The van der Waals surface area contributed by atoms with Gasteiger partial charge in [0.05, 0.1) is 44.7 Å². The molecule has 0 aliphatic carbocycles. The standard InChI is InChI=1S/C31H44O4S.C10H20O3/c1-20-22(3)28(18-32-17-26-13-9-7-10-14-26)34-30(24(20)5)33-19-29-23(4)21(2)25(6)31(35-29)36-27-15-11-8-12-16-27;1-6-7(2)9(5-11)13-10(12-4)8(6)3/h7-16,20-25,28-31H,17-19H2,1-6H3;6-11H,5H2,1-4H3/t20-,21-,22-,23-,24?,25?,28?,29?,30-,31-;6-,7-,8?,9?,10-/m00/s1. The van der Waals surface area contributed by atoms with Crippen LogP contribution in [-0.2, 0) is 35.0 Å². The van der Waals surface area contributed by atoms with E-state index in [4.69, 9.17) is 33.5 Å². The van der Waals surface area contributed by atoms with Crippen LogP contribution in [0.4, 0.5) is 0 Å². The second-order valence-corrected chi connectivity index (χ2v) is 16.2. The molecular weight excluding hydrogens is 637 g/mol. The number of hydrogen-bond acceptors (Lipinski definition) is 8. The Morgan fingerprint density at radius 3 is 1.67 bits per heavy atom. The zero-order chi connectivity index (χ0) is 35.7. The zero-order valence-electron chi connectivity index (χ0n) is 31.6. The molecule has 2 aromatic carbocycles. The van der Waals surface area contributed by atoms with E-state index in [1.165, 1.54) is 10.5 Å². The fourth-order valence-electron chi connectivity index (χ4n) is 7.33. The van der Waals surface area contributed by atoms with Crippen molar-refractivity contribution in [3.63, 3.8) is 0 Å². The molecule has 0 saturated carbocycles. The second-order valence-electron chi connectivity index (χ2n) is 15.0. The Balaban J connectivity index is 0.000000350. The maximum absolute atomic E-state index is 9.10. The van der Waals surface area contributed by atoms with Crippen molar-refractivity contribution in [1.82, 2.24) is 0 Å². The summed E-state index contributed by atoms with van der Waals surface area (Å²) in [5.74, 6) is 3.97. The summed E-state index contributed by atoms with van der Waals surface area (Å²) in [5, 5.41) is 9.10. The minimum atomic E-state index is -0.243. The van der Waals surface area contributed by atoms with Crippen molar-refractivity contribution in [3.8, 4) is 0 Å². The van der Waals surface area contributed by atoms with Crippen molar-refractivity contribution in [2.24, 2.45) is 53.3 Å². The van der Waals surface area contributed by atoms with Crippen molar-refractivity contribution in [1.29, 1.82) is 0 Å². The Hall–Kier alpha value is -1.49. The molecule has 0 aromatic heterocycles. The summed E-state index contributed by atoms with van der Waals surface area (Å²) in [7, 11) is 1.65. The van der Waals surface area contributed by atoms with Crippen LogP contribution in [0.25, 0.3) is 0 Å². The van der Waals surface area contributed by atoms with Crippen LogP contribution in [0.1, 0.15) is 67.9 Å². The van der Waals surface area contributed by atoms with Crippen LogP contribution in [0, 0.1) is 53.3 Å². The summed E-state index contributed by atoms with van der Waals surface area (Å²) < 4.78 is 36.5. The molecule has 0 amide bonds. The lowest BCUT2D eigenvalue weighted by Gasteiger charge is -2.46. The van der Waals surface area contributed by atoms with Crippen molar-refractivity contribution in [2.45, 2.75) is 110 Å². The Morgan fingerprint density at radius 1 is 0.571 bits per heavy atom. The van der Waals surface area contributed by atoms with Gasteiger partial charge in [-0.3, -0.25) is 0 Å². The summed E-state index contributed by atoms with van der Waals surface area (Å²) in [6, 6.07) is 20.9.